The molecule has 0 aliphatic carbocycles. The Kier molecular flexibility index (Phi) is 9.01. The Balaban J connectivity index is 1.31. The molecule has 2 atom stereocenters. The van der Waals surface area contributed by atoms with Crippen molar-refractivity contribution in [3.8, 4) is 5.75 Å². The Hall–Kier alpha value is -4.15. The molecular weight excluding hydrogens is 560 g/mol. The first-order valence-corrected chi connectivity index (χ1v) is 14.6. The van der Waals surface area contributed by atoms with Gasteiger partial charge in [-0.3, -0.25) is 14.6 Å². The second kappa shape index (κ2) is 13.0. The zero-order chi connectivity index (χ0) is 28.8. The summed E-state index contributed by atoms with van der Waals surface area (Å²) in [6, 6.07) is 15.9. The van der Waals surface area contributed by atoms with Gasteiger partial charge in [-0.2, -0.15) is 11.8 Å². The highest BCUT2D eigenvalue weighted by atomic mass is 35.5. The monoisotopic (exact) mass is 588 g/mol. The van der Waals surface area contributed by atoms with Crippen molar-refractivity contribution in [2.75, 3.05) is 22.9 Å². The molecule has 9 nitrogen and oxygen atoms in total. The second-order valence-electron chi connectivity index (χ2n) is 9.35. The van der Waals surface area contributed by atoms with Gasteiger partial charge in [-0.1, -0.05) is 31.2 Å². The van der Waals surface area contributed by atoms with Crippen LogP contribution in [0.3, 0.4) is 0 Å². The minimum absolute atomic E-state index is 0.207. The molecule has 0 spiro atoms. The highest BCUT2D eigenvalue weighted by Crippen LogP contribution is 2.32. The second-order valence-corrected chi connectivity index (χ2v) is 11.3. The lowest BCUT2D eigenvalue weighted by Crippen LogP contribution is -2.42. The van der Waals surface area contributed by atoms with Crippen molar-refractivity contribution in [1.82, 2.24) is 19.9 Å². The number of likely N-dealkylation sites (tertiary alicyclic amines) is 1. The largest absolute Gasteiger partial charge is 0.486 e. The minimum Gasteiger partial charge on any atom is -0.486 e. The molecule has 2 aromatic heterocycles. The number of rotatable bonds is 10. The van der Waals surface area contributed by atoms with Crippen molar-refractivity contribution in [3.63, 3.8) is 0 Å². The van der Waals surface area contributed by atoms with Gasteiger partial charge in [0.2, 0.25) is 11.8 Å². The van der Waals surface area contributed by atoms with E-state index in [0.717, 1.165) is 11.4 Å². The van der Waals surface area contributed by atoms with Crippen molar-refractivity contribution in [2.45, 2.75) is 31.2 Å². The number of hydrogen-bond donors (Lipinski definition) is 2. The number of thioether (sulfide) groups is 1. The molecule has 5 rings (SSSR count). The van der Waals surface area contributed by atoms with Gasteiger partial charge in [-0.05, 0) is 66.8 Å². The predicted molar refractivity (Wildman–Crippen MR) is 164 cm³/mol. The fourth-order valence-electron chi connectivity index (χ4n) is 4.69. The van der Waals surface area contributed by atoms with Gasteiger partial charge in [0, 0.05) is 34.8 Å². The molecule has 2 unspecified atom stereocenters. The van der Waals surface area contributed by atoms with Crippen LogP contribution in [0.15, 0.2) is 79.8 Å². The van der Waals surface area contributed by atoms with Crippen LogP contribution in [0.4, 0.5) is 17.2 Å². The molecule has 1 aliphatic rings. The Morgan fingerprint density at radius 2 is 2.00 bits per heavy atom. The molecule has 0 bridgehead atoms. The number of nitrogens with zero attached hydrogens (tertiary/aromatic N) is 4. The minimum atomic E-state index is -0.564. The summed E-state index contributed by atoms with van der Waals surface area (Å²) in [6.45, 7) is 6.49. The van der Waals surface area contributed by atoms with Crippen molar-refractivity contribution in [2.24, 2.45) is 0 Å². The van der Waals surface area contributed by atoms with Crippen LogP contribution in [-0.4, -0.2) is 55.3 Å². The molecule has 1 aliphatic heterocycles. The first-order valence-electron chi connectivity index (χ1n) is 13.1. The number of amides is 2. The summed E-state index contributed by atoms with van der Waals surface area (Å²) in [4.78, 5) is 40.4. The highest BCUT2D eigenvalue weighted by Gasteiger charge is 2.38. The summed E-state index contributed by atoms with van der Waals surface area (Å²) < 4.78 is 5.82. The lowest BCUT2D eigenvalue weighted by Gasteiger charge is -2.22. The first-order chi connectivity index (χ1) is 19.9. The maximum absolute atomic E-state index is 13.3. The Labute approximate surface area is 247 Å². The molecule has 0 radical (unpaired) electrons. The molecule has 2 N–H and O–H groups in total. The van der Waals surface area contributed by atoms with E-state index >= 15 is 0 Å². The molecule has 210 valence electrons. The summed E-state index contributed by atoms with van der Waals surface area (Å²) in [5.74, 6) is 1.53. The topological polar surface area (TPSA) is 109 Å². The molecule has 3 heterocycles. The number of carbonyl (C=O) groups is 2. The molecule has 1 saturated heterocycles. The zero-order valence-electron chi connectivity index (χ0n) is 22.4. The third kappa shape index (κ3) is 6.78. The van der Waals surface area contributed by atoms with E-state index in [1.807, 2.05) is 36.4 Å². The summed E-state index contributed by atoms with van der Waals surface area (Å²) in [5.41, 5.74) is 2.78. The van der Waals surface area contributed by atoms with Crippen molar-refractivity contribution >= 4 is 63.3 Å². The number of anilines is 3. The van der Waals surface area contributed by atoms with E-state index in [1.165, 1.54) is 12.4 Å². The number of nitrogens with one attached hydrogen (secondary N) is 2. The van der Waals surface area contributed by atoms with Gasteiger partial charge in [0.1, 0.15) is 30.5 Å². The van der Waals surface area contributed by atoms with Gasteiger partial charge in [0.25, 0.3) is 0 Å². The van der Waals surface area contributed by atoms with Gasteiger partial charge in [-0.25, -0.2) is 9.97 Å². The molecule has 4 aromatic rings. The number of carbonyl (C=O) groups excluding carboxylic acids is 2. The quantitative estimate of drug-likeness (QED) is 0.222. The van der Waals surface area contributed by atoms with E-state index in [-0.39, 0.29) is 17.1 Å². The number of pyridine rings is 1. The number of ether oxygens (including phenoxy) is 1. The maximum Gasteiger partial charge on any atom is 0.247 e. The number of halogens is 1. The molecular formula is C30H29ClN6O3S. The van der Waals surface area contributed by atoms with Crippen LogP contribution in [0, 0.1) is 0 Å². The van der Waals surface area contributed by atoms with Crippen molar-refractivity contribution in [1.29, 1.82) is 0 Å². The number of hydrogen-bond acceptors (Lipinski definition) is 8. The predicted octanol–water partition coefficient (Wildman–Crippen LogP) is 5.85. The molecule has 0 saturated carbocycles. The molecule has 41 heavy (non-hydrogen) atoms. The van der Waals surface area contributed by atoms with Crippen molar-refractivity contribution < 1.29 is 14.3 Å². The maximum atomic E-state index is 13.3. The van der Waals surface area contributed by atoms with E-state index in [4.69, 9.17) is 16.3 Å². The SMILES string of the molecule is C=CC(=O)N1CC(SCC)CC1C(=O)Nc1ccc2ncnc(Nc3ccc(OCc4ccccn4)c(Cl)c3)c2c1. The Morgan fingerprint density at radius 1 is 1.15 bits per heavy atom. The van der Waals surface area contributed by atoms with E-state index in [0.29, 0.717) is 58.4 Å². The fourth-order valence-corrected chi connectivity index (χ4v) is 5.98. The van der Waals surface area contributed by atoms with Crippen LogP contribution >= 0.6 is 23.4 Å². The molecule has 1 fully saturated rings. The van der Waals surface area contributed by atoms with Gasteiger partial charge < -0.3 is 20.3 Å². The first kappa shape index (κ1) is 28.4. The van der Waals surface area contributed by atoms with Crippen LogP contribution in [-0.2, 0) is 16.2 Å². The average Bonchev–Trinajstić information content (AvgIpc) is 3.41. The van der Waals surface area contributed by atoms with Gasteiger partial charge >= 0.3 is 0 Å². The lowest BCUT2D eigenvalue weighted by molar-refractivity contribution is -0.132. The zero-order valence-corrected chi connectivity index (χ0v) is 24.0. The van der Waals surface area contributed by atoms with Gasteiger partial charge in [0.15, 0.2) is 0 Å². The molecule has 2 aromatic carbocycles. The van der Waals surface area contributed by atoms with Crippen LogP contribution in [0.5, 0.6) is 5.75 Å². The fraction of sp³-hybridized carbons (Fsp3) is 0.233. The summed E-state index contributed by atoms with van der Waals surface area (Å²) >= 11 is 8.25. The van der Waals surface area contributed by atoms with Crippen LogP contribution in [0.1, 0.15) is 19.0 Å². The normalized spacial score (nSPS) is 16.4. The van der Waals surface area contributed by atoms with Crippen LogP contribution < -0.4 is 15.4 Å². The van der Waals surface area contributed by atoms with E-state index < -0.39 is 6.04 Å². The summed E-state index contributed by atoms with van der Waals surface area (Å²) in [5, 5.41) is 7.63. The number of benzene rings is 2. The van der Waals surface area contributed by atoms with E-state index in [2.05, 4.69) is 39.1 Å². The average molecular weight is 589 g/mol. The van der Waals surface area contributed by atoms with Crippen molar-refractivity contribution in [3.05, 3.63) is 90.5 Å². The lowest BCUT2D eigenvalue weighted by atomic mass is 10.1. The van der Waals surface area contributed by atoms with Crippen LogP contribution in [0.2, 0.25) is 5.02 Å². The third-order valence-electron chi connectivity index (χ3n) is 6.62. The number of fused-ring (bicyclic) bond motifs is 1. The molecule has 11 heteroatoms. The molecule has 2 amide bonds. The Morgan fingerprint density at radius 3 is 2.76 bits per heavy atom. The summed E-state index contributed by atoms with van der Waals surface area (Å²) in [6.07, 6.45) is 5.04. The van der Waals surface area contributed by atoms with E-state index in [9.17, 15) is 9.59 Å². The van der Waals surface area contributed by atoms with E-state index in [1.54, 1.807) is 41.1 Å². The standard InChI is InChI=1S/C30H29ClN6O3S/c1-3-28(38)37-16-22(41-4-2)15-26(37)30(39)36-19-8-10-25-23(13-19)29(34-18-33-25)35-20-9-11-27(24(31)14-20)40-17-21-7-5-6-12-32-21/h3,5-14,18,22,26H,1,4,15-17H2,2H3,(H,36,39)(H,33,34,35). The number of aromatic nitrogens is 3. The third-order valence-corrected chi connectivity index (χ3v) is 8.07. The Bertz CT molecular complexity index is 1570. The van der Waals surface area contributed by atoms with Gasteiger partial charge in [0.05, 0.1) is 16.2 Å². The van der Waals surface area contributed by atoms with Gasteiger partial charge in [-0.15, -0.1) is 0 Å². The van der Waals surface area contributed by atoms with Crippen LogP contribution in [0.25, 0.3) is 10.9 Å². The summed E-state index contributed by atoms with van der Waals surface area (Å²) in [7, 11) is 0. The smallest absolute Gasteiger partial charge is 0.247 e. The highest BCUT2D eigenvalue weighted by molar-refractivity contribution is 7.99.